The quantitative estimate of drug-likeness (QED) is 0.696. The molecule has 0 saturated heterocycles. The first kappa shape index (κ1) is 10.9. The van der Waals surface area contributed by atoms with Crippen LogP contribution in [0.5, 0.6) is 0 Å². The second-order valence-electron chi connectivity index (χ2n) is 3.40. The number of hydrogen-bond donors (Lipinski definition) is 2. The van der Waals surface area contributed by atoms with Crippen LogP contribution in [0.2, 0.25) is 0 Å². The normalized spacial score (nSPS) is 10.8. The zero-order valence-electron chi connectivity index (χ0n) is 8.71. The lowest BCUT2D eigenvalue weighted by molar-refractivity contribution is 0.328. The summed E-state index contributed by atoms with van der Waals surface area (Å²) < 4.78 is 0. The van der Waals surface area contributed by atoms with Crippen LogP contribution >= 0.6 is 0 Å². The van der Waals surface area contributed by atoms with Gasteiger partial charge in [-0.25, -0.2) is 0 Å². The third kappa shape index (κ3) is 3.72. The molecule has 1 rings (SSSR count). The van der Waals surface area contributed by atoms with Crippen LogP contribution in [0.25, 0.3) is 0 Å². The number of nitrogens with one attached hydrogen (secondary N) is 2. The van der Waals surface area contributed by atoms with E-state index in [1.165, 1.54) is 0 Å². The van der Waals surface area contributed by atoms with Gasteiger partial charge in [0.2, 0.25) is 5.56 Å². The Hall–Kier alpha value is -1.13. The van der Waals surface area contributed by atoms with E-state index in [-0.39, 0.29) is 5.56 Å². The summed E-state index contributed by atoms with van der Waals surface area (Å²) in [5.41, 5.74) is 1.08. The molecule has 0 radical (unpaired) electrons. The highest BCUT2D eigenvalue weighted by Gasteiger charge is 1.98. The average Bonchev–Trinajstić information content (AvgIpc) is 2.18. The second-order valence-corrected chi connectivity index (χ2v) is 3.40. The predicted molar refractivity (Wildman–Crippen MR) is 57.3 cm³/mol. The van der Waals surface area contributed by atoms with Crippen molar-refractivity contribution in [3.8, 4) is 0 Å². The molecule has 1 aromatic heterocycles. The van der Waals surface area contributed by atoms with Gasteiger partial charge in [-0.1, -0.05) is 6.07 Å². The monoisotopic (exact) mass is 195 g/mol. The fraction of sp³-hybridized carbons (Fsp3) is 0.500. The van der Waals surface area contributed by atoms with Gasteiger partial charge in [-0.15, -0.1) is 0 Å². The van der Waals surface area contributed by atoms with E-state index < -0.39 is 0 Å². The van der Waals surface area contributed by atoms with Gasteiger partial charge in [0.15, 0.2) is 0 Å². The molecule has 0 saturated carbocycles. The van der Waals surface area contributed by atoms with E-state index in [1.807, 2.05) is 13.1 Å². The summed E-state index contributed by atoms with van der Waals surface area (Å²) in [5, 5.41) is 3.09. The number of H-pyrrole nitrogens is 1. The van der Waals surface area contributed by atoms with Crippen LogP contribution in [0.4, 0.5) is 0 Å². The highest BCUT2D eigenvalue weighted by molar-refractivity contribution is 5.08. The summed E-state index contributed by atoms with van der Waals surface area (Å²) in [5.74, 6) is 0. The number of rotatable bonds is 5. The molecule has 0 amide bonds. The minimum atomic E-state index is -0.0494. The van der Waals surface area contributed by atoms with Crippen molar-refractivity contribution in [3.05, 3.63) is 34.2 Å². The van der Waals surface area contributed by atoms with Gasteiger partial charge in [-0.3, -0.25) is 4.79 Å². The second kappa shape index (κ2) is 5.57. The molecule has 0 aliphatic heterocycles. The standard InChI is InChI=1S/C10H17N3O/c1-11-5-6-13(2)8-9-3-4-10(14)12-7-9/h3-4,7,11H,5-6,8H2,1-2H3,(H,12,14). The number of likely N-dealkylation sites (N-methyl/N-ethyl adjacent to an activating group) is 2. The zero-order chi connectivity index (χ0) is 10.4. The third-order valence-electron chi connectivity index (χ3n) is 2.04. The number of nitrogens with zero attached hydrogens (tertiary/aromatic N) is 1. The molecule has 2 N–H and O–H groups in total. The Morgan fingerprint density at radius 2 is 2.29 bits per heavy atom. The van der Waals surface area contributed by atoms with Gasteiger partial charge >= 0.3 is 0 Å². The summed E-state index contributed by atoms with van der Waals surface area (Å²) in [6.07, 6.45) is 1.76. The lowest BCUT2D eigenvalue weighted by Crippen LogP contribution is -2.27. The van der Waals surface area contributed by atoms with Crippen molar-refractivity contribution in [2.24, 2.45) is 0 Å². The molecular weight excluding hydrogens is 178 g/mol. The van der Waals surface area contributed by atoms with Crippen molar-refractivity contribution in [2.45, 2.75) is 6.54 Å². The summed E-state index contributed by atoms with van der Waals surface area (Å²) in [6.45, 7) is 2.83. The molecule has 14 heavy (non-hydrogen) atoms. The number of aromatic amines is 1. The lowest BCUT2D eigenvalue weighted by atomic mass is 10.3. The van der Waals surface area contributed by atoms with Crippen LogP contribution in [0.15, 0.2) is 23.1 Å². The van der Waals surface area contributed by atoms with E-state index in [4.69, 9.17) is 0 Å². The number of hydrogen-bond acceptors (Lipinski definition) is 3. The Morgan fingerprint density at radius 3 is 2.86 bits per heavy atom. The molecule has 0 aromatic carbocycles. The smallest absolute Gasteiger partial charge is 0.247 e. The molecule has 1 heterocycles. The molecule has 0 aliphatic carbocycles. The van der Waals surface area contributed by atoms with Gasteiger partial charge in [0.25, 0.3) is 0 Å². The van der Waals surface area contributed by atoms with E-state index in [0.29, 0.717) is 0 Å². The van der Waals surface area contributed by atoms with Crippen LogP contribution in [0.1, 0.15) is 5.56 Å². The van der Waals surface area contributed by atoms with Gasteiger partial charge in [0.05, 0.1) is 0 Å². The maximum absolute atomic E-state index is 10.8. The number of aromatic nitrogens is 1. The maximum atomic E-state index is 10.8. The highest BCUT2D eigenvalue weighted by Crippen LogP contribution is 1.97. The summed E-state index contributed by atoms with van der Waals surface area (Å²) in [6, 6.07) is 3.41. The molecule has 0 bridgehead atoms. The average molecular weight is 195 g/mol. The first-order chi connectivity index (χ1) is 6.72. The number of pyridine rings is 1. The Balaban J connectivity index is 2.43. The van der Waals surface area contributed by atoms with Crippen LogP contribution < -0.4 is 10.9 Å². The minimum absolute atomic E-state index is 0.0494. The SMILES string of the molecule is CNCCN(C)Cc1ccc(=O)[nH]c1. The van der Waals surface area contributed by atoms with E-state index in [0.717, 1.165) is 25.2 Å². The van der Waals surface area contributed by atoms with Gasteiger partial charge < -0.3 is 15.2 Å². The highest BCUT2D eigenvalue weighted by atomic mass is 16.1. The van der Waals surface area contributed by atoms with Crippen LogP contribution in [0.3, 0.4) is 0 Å². The Morgan fingerprint density at radius 1 is 1.50 bits per heavy atom. The first-order valence-electron chi connectivity index (χ1n) is 4.73. The topological polar surface area (TPSA) is 48.1 Å². The van der Waals surface area contributed by atoms with Gasteiger partial charge in [0, 0.05) is 31.9 Å². The molecule has 1 aromatic rings. The summed E-state index contributed by atoms with van der Waals surface area (Å²) >= 11 is 0. The molecule has 78 valence electrons. The van der Waals surface area contributed by atoms with Crippen molar-refractivity contribution < 1.29 is 0 Å². The maximum Gasteiger partial charge on any atom is 0.247 e. The molecular formula is C10H17N3O. The molecule has 0 aliphatic rings. The van der Waals surface area contributed by atoms with E-state index in [1.54, 1.807) is 12.3 Å². The largest absolute Gasteiger partial charge is 0.329 e. The predicted octanol–water partition coefficient (Wildman–Crippen LogP) is 0.0261. The Bertz CT molecular complexity index is 301. The van der Waals surface area contributed by atoms with Crippen molar-refractivity contribution >= 4 is 0 Å². The van der Waals surface area contributed by atoms with Crippen LogP contribution in [0, 0.1) is 0 Å². The van der Waals surface area contributed by atoms with Gasteiger partial charge in [-0.05, 0) is 19.7 Å². The lowest BCUT2D eigenvalue weighted by Gasteiger charge is -2.15. The van der Waals surface area contributed by atoms with E-state index in [9.17, 15) is 4.79 Å². The molecule has 4 nitrogen and oxygen atoms in total. The fourth-order valence-electron chi connectivity index (χ4n) is 1.23. The molecule has 0 spiro atoms. The zero-order valence-corrected chi connectivity index (χ0v) is 8.71. The molecule has 0 unspecified atom stereocenters. The van der Waals surface area contributed by atoms with Crippen molar-refractivity contribution in [1.82, 2.24) is 15.2 Å². The van der Waals surface area contributed by atoms with Crippen LogP contribution in [-0.4, -0.2) is 37.1 Å². The fourth-order valence-corrected chi connectivity index (χ4v) is 1.23. The molecule has 0 atom stereocenters. The van der Waals surface area contributed by atoms with Crippen molar-refractivity contribution in [1.29, 1.82) is 0 Å². The summed E-state index contributed by atoms with van der Waals surface area (Å²) in [7, 11) is 4.00. The molecule has 4 heteroatoms. The minimum Gasteiger partial charge on any atom is -0.329 e. The van der Waals surface area contributed by atoms with Gasteiger partial charge in [0.1, 0.15) is 0 Å². The van der Waals surface area contributed by atoms with E-state index in [2.05, 4.69) is 22.2 Å². The van der Waals surface area contributed by atoms with E-state index >= 15 is 0 Å². The van der Waals surface area contributed by atoms with Crippen molar-refractivity contribution in [3.63, 3.8) is 0 Å². The summed E-state index contributed by atoms with van der Waals surface area (Å²) in [4.78, 5) is 15.7. The Kier molecular flexibility index (Phi) is 4.35. The third-order valence-corrected chi connectivity index (χ3v) is 2.04. The van der Waals surface area contributed by atoms with Crippen LogP contribution in [-0.2, 0) is 6.54 Å². The first-order valence-corrected chi connectivity index (χ1v) is 4.73. The van der Waals surface area contributed by atoms with Crippen molar-refractivity contribution in [2.75, 3.05) is 27.2 Å². The Labute approximate surface area is 83.9 Å². The molecule has 0 fully saturated rings. The van der Waals surface area contributed by atoms with Gasteiger partial charge in [-0.2, -0.15) is 0 Å².